The molecule has 0 radical (unpaired) electrons. The normalized spacial score (nSPS) is 28.1. The summed E-state index contributed by atoms with van der Waals surface area (Å²) in [5.74, 6) is 0.998. The van der Waals surface area contributed by atoms with E-state index < -0.39 is 0 Å². The molecule has 1 saturated heterocycles. The lowest BCUT2D eigenvalue weighted by Crippen LogP contribution is -2.42. The zero-order valence-corrected chi connectivity index (χ0v) is 9.25. The summed E-state index contributed by atoms with van der Waals surface area (Å²) in [6.07, 6.45) is 9.79. The van der Waals surface area contributed by atoms with E-state index in [2.05, 4.69) is 4.90 Å². The summed E-state index contributed by atoms with van der Waals surface area (Å²) < 4.78 is 0. The Morgan fingerprint density at radius 3 is 2.21 bits per heavy atom. The molecule has 0 aromatic carbocycles. The molecular formula is C12H24N2. The van der Waals surface area contributed by atoms with Gasteiger partial charge in [-0.3, -0.25) is 0 Å². The second kappa shape index (κ2) is 5.13. The third kappa shape index (κ3) is 2.96. The van der Waals surface area contributed by atoms with Crippen LogP contribution in [0.3, 0.4) is 0 Å². The molecule has 1 heterocycles. The summed E-state index contributed by atoms with van der Waals surface area (Å²) in [6, 6.07) is 0.484. The Balaban J connectivity index is 1.68. The lowest BCUT2D eigenvalue weighted by atomic mass is 9.88. The first-order valence-electron chi connectivity index (χ1n) is 6.32. The van der Waals surface area contributed by atoms with Crippen LogP contribution in [0.25, 0.3) is 0 Å². The Labute approximate surface area is 87.8 Å². The summed E-state index contributed by atoms with van der Waals surface area (Å²) >= 11 is 0. The average molecular weight is 196 g/mol. The maximum Gasteiger partial charge on any atom is 0.00631 e. The van der Waals surface area contributed by atoms with Crippen LogP contribution >= 0.6 is 0 Å². The number of piperidine rings is 1. The molecule has 1 aliphatic heterocycles. The van der Waals surface area contributed by atoms with Crippen molar-refractivity contribution < 1.29 is 0 Å². The molecule has 82 valence electrons. The molecule has 0 aromatic heterocycles. The van der Waals surface area contributed by atoms with Gasteiger partial charge in [-0.25, -0.2) is 0 Å². The fourth-order valence-corrected chi connectivity index (χ4v) is 2.87. The highest BCUT2D eigenvalue weighted by Crippen LogP contribution is 2.25. The molecule has 1 aliphatic carbocycles. The van der Waals surface area contributed by atoms with Crippen LogP contribution in [0.5, 0.6) is 0 Å². The second-order valence-corrected chi connectivity index (χ2v) is 5.14. The van der Waals surface area contributed by atoms with Gasteiger partial charge < -0.3 is 10.6 Å². The minimum absolute atomic E-state index is 0.484. The van der Waals surface area contributed by atoms with Gasteiger partial charge >= 0.3 is 0 Å². The van der Waals surface area contributed by atoms with Crippen molar-refractivity contribution in [3.8, 4) is 0 Å². The zero-order valence-electron chi connectivity index (χ0n) is 9.25. The minimum atomic E-state index is 0.484. The first-order valence-corrected chi connectivity index (χ1v) is 6.32. The second-order valence-electron chi connectivity index (χ2n) is 5.14. The van der Waals surface area contributed by atoms with Crippen LogP contribution in [0.15, 0.2) is 0 Å². The van der Waals surface area contributed by atoms with E-state index in [-0.39, 0.29) is 0 Å². The molecule has 2 rings (SSSR count). The summed E-state index contributed by atoms with van der Waals surface area (Å²) in [5, 5.41) is 0. The van der Waals surface area contributed by atoms with Crippen molar-refractivity contribution in [2.75, 3.05) is 19.6 Å². The lowest BCUT2D eigenvalue weighted by Gasteiger charge is -2.34. The molecule has 0 spiro atoms. The smallest absolute Gasteiger partial charge is 0.00631 e. The Kier molecular flexibility index (Phi) is 3.82. The highest BCUT2D eigenvalue weighted by molar-refractivity contribution is 4.77. The van der Waals surface area contributed by atoms with Gasteiger partial charge in [0.1, 0.15) is 0 Å². The number of hydrogen-bond donors (Lipinski definition) is 1. The van der Waals surface area contributed by atoms with Crippen LogP contribution in [0.1, 0.15) is 44.9 Å². The summed E-state index contributed by atoms with van der Waals surface area (Å²) in [4.78, 5) is 2.64. The molecule has 0 atom stereocenters. The monoisotopic (exact) mass is 196 g/mol. The van der Waals surface area contributed by atoms with Crippen molar-refractivity contribution >= 4 is 0 Å². The van der Waals surface area contributed by atoms with Crippen molar-refractivity contribution in [3.05, 3.63) is 0 Å². The van der Waals surface area contributed by atoms with Crippen molar-refractivity contribution in [2.24, 2.45) is 11.7 Å². The van der Waals surface area contributed by atoms with E-state index in [9.17, 15) is 0 Å². The highest BCUT2D eigenvalue weighted by atomic mass is 15.1. The van der Waals surface area contributed by atoms with Crippen molar-refractivity contribution in [1.82, 2.24) is 4.90 Å². The van der Waals surface area contributed by atoms with Crippen LogP contribution in [0, 0.1) is 5.92 Å². The van der Waals surface area contributed by atoms with Gasteiger partial charge in [0.05, 0.1) is 0 Å². The van der Waals surface area contributed by atoms with E-state index in [4.69, 9.17) is 5.73 Å². The van der Waals surface area contributed by atoms with E-state index in [1.165, 1.54) is 64.6 Å². The van der Waals surface area contributed by atoms with Crippen LogP contribution in [0.2, 0.25) is 0 Å². The molecule has 14 heavy (non-hydrogen) atoms. The van der Waals surface area contributed by atoms with Crippen LogP contribution in [0.4, 0.5) is 0 Å². The lowest BCUT2D eigenvalue weighted by molar-refractivity contribution is 0.164. The predicted molar refractivity (Wildman–Crippen MR) is 60.2 cm³/mol. The minimum Gasteiger partial charge on any atom is -0.328 e. The molecule has 0 aromatic rings. The zero-order chi connectivity index (χ0) is 9.80. The van der Waals surface area contributed by atoms with Gasteiger partial charge in [-0.1, -0.05) is 19.3 Å². The molecule has 0 amide bonds. The third-order valence-corrected chi connectivity index (χ3v) is 3.87. The standard InChI is InChI=1S/C12H24N2/c13-12-6-8-14(9-7-12)10-11-4-2-1-3-5-11/h11-12H,1-10,13H2. The molecule has 2 heteroatoms. The van der Waals surface area contributed by atoms with Crippen LogP contribution in [-0.2, 0) is 0 Å². The van der Waals surface area contributed by atoms with Gasteiger partial charge in [-0.15, -0.1) is 0 Å². The van der Waals surface area contributed by atoms with Crippen molar-refractivity contribution in [2.45, 2.75) is 51.0 Å². The van der Waals surface area contributed by atoms with E-state index in [1.54, 1.807) is 0 Å². The number of likely N-dealkylation sites (tertiary alicyclic amines) is 1. The molecule has 2 nitrogen and oxygen atoms in total. The first-order chi connectivity index (χ1) is 6.84. The number of hydrogen-bond acceptors (Lipinski definition) is 2. The molecule has 1 saturated carbocycles. The Morgan fingerprint density at radius 2 is 1.57 bits per heavy atom. The van der Waals surface area contributed by atoms with E-state index in [0.717, 1.165) is 5.92 Å². The molecule has 2 N–H and O–H groups in total. The van der Waals surface area contributed by atoms with Crippen LogP contribution < -0.4 is 5.73 Å². The Bertz CT molecular complexity index is 156. The fourth-order valence-electron chi connectivity index (χ4n) is 2.87. The predicted octanol–water partition coefficient (Wildman–Crippen LogP) is 1.99. The first kappa shape index (κ1) is 10.4. The average Bonchev–Trinajstić information content (AvgIpc) is 2.23. The van der Waals surface area contributed by atoms with Gasteiger partial charge in [-0.2, -0.15) is 0 Å². The van der Waals surface area contributed by atoms with Gasteiger partial charge in [0.15, 0.2) is 0 Å². The van der Waals surface area contributed by atoms with Crippen molar-refractivity contribution in [1.29, 1.82) is 0 Å². The molecule has 2 fully saturated rings. The quantitative estimate of drug-likeness (QED) is 0.732. The van der Waals surface area contributed by atoms with Gasteiger partial charge in [-0.05, 0) is 44.7 Å². The van der Waals surface area contributed by atoms with Gasteiger partial charge in [0.2, 0.25) is 0 Å². The van der Waals surface area contributed by atoms with Crippen molar-refractivity contribution in [3.63, 3.8) is 0 Å². The molecule has 0 unspecified atom stereocenters. The SMILES string of the molecule is NC1CCN(CC2CCCCC2)CC1. The van der Waals surface area contributed by atoms with Crippen LogP contribution in [-0.4, -0.2) is 30.6 Å². The van der Waals surface area contributed by atoms with E-state index >= 15 is 0 Å². The topological polar surface area (TPSA) is 29.3 Å². The summed E-state index contributed by atoms with van der Waals surface area (Å²) in [6.45, 7) is 3.85. The van der Waals surface area contributed by atoms with Gasteiger partial charge in [0, 0.05) is 12.6 Å². The number of nitrogens with two attached hydrogens (primary N) is 1. The van der Waals surface area contributed by atoms with E-state index in [0.29, 0.717) is 6.04 Å². The third-order valence-electron chi connectivity index (χ3n) is 3.87. The molecule has 2 aliphatic rings. The molecular weight excluding hydrogens is 172 g/mol. The maximum absolute atomic E-state index is 5.90. The largest absolute Gasteiger partial charge is 0.328 e. The fraction of sp³-hybridized carbons (Fsp3) is 1.00. The molecule has 0 bridgehead atoms. The number of rotatable bonds is 2. The highest BCUT2D eigenvalue weighted by Gasteiger charge is 2.20. The number of nitrogens with zero attached hydrogens (tertiary/aromatic N) is 1. The Hall–Kier alpha value is -0.0800. The summed E-state index contributed by atoms with van der Waals surface area (Å²) in [7, 11) is 0. The van der Waals surface area contributed by atoms with Gasteiger partial charge in [0.25, 0.3) is 0 Å². The Morgan fingerprint density at radius 1 is 0.929 bits per heavy atom. The summed E-state index contributed by atoms with van der Waals surface area (Å²) in [5.41, 5.74) is 5.90. The van der Waals surface area contributed by atoms with E-state index in [1.807, 2.05) is 0 Å². The maximum atomic E-state index is 5.90.